The van der Waals surface area contributed by atoms with Crippen molar-refractivity contribution in [1.29, 1.82) is 0 Å². The Labute approximate surface area is 219 Å². The van der Waals surface area contributed by atoms with E-state index in [1.807, 2.05) is 38.1 Å². The van der Waals surface area contributed by atoms with Crippen LogP contribution in [0.25, 0.3) is 11.5 Å². The minimum absolute atomic E-state index is 0.0315. The van der Waals surface area contributed by atoms with Gasteiger partial charge in [-0.25, -0.2) is 4.98 Å². The van der Waals surface area contributed by atoms with Crippen molar-refractivity contribution in [3.8, 4) is 17.2 Å². The van der Waals surface area contributed by atoms with Gasteiger partial charge in [-0.15, -0.1) is 0 Å². The van der Waals surface area contributed by atoms with E-state index in [0.29, 0.717) is 28.7 Å². The predicted octanol–water partition coefficient (Wildman–Crippen LogP) is 4.34. The van der Waals surface area contributed by atoms with E-state index in [1.54, 1.807) is 38.1 Å². The fourth-order valence-corrected chi connectivity index (χ4v) is 5.17. The Bertz CT molecular complexity index is 1320. The third kappa shape index (κ3) is 6.76. The number of nitrogens with zero attached hydrogens (tertiary/aromatic N) is 3. The summed E-state index contributed by atoms with van der Waals surface area (Å²) in [6.45, 7) is 7.57. The Kier molecular flexibility index (Phi) is 9.12. The lowest BCUT2D eigenvalue weighted by atomic mass is 10.0. The monoisotopic (exact) mass is 529 g/mol. The predicted molar refractivity (Wildman–Crippen MR) is 141 cm³/mol. The SMILES string of the molecule is COC(=O)[C@H](C(C)C)N(Cc1cccc(OCc2nc(-c3ccc(C)cc3)oc2C)c1)S(=O)(=O)N(C)C. The van der Waals surface area contributed by atoms with Crippen LogP contribution in [-0.2, 0) is 32.9 Å². The summed E-state index contributed by atoms with van der Waals surface area (Å²) in [6, 6.07) is 14.0. The van der Waals surface area contributed by atoms with Gasteiger partial charge in [-0.3, -0.25) is 4.79 Å². The molecule has 0 saturated heterocycles. The highest BCUT2D eigenvalue weighted by molar-refractivity contribution is 7.86. The van der Waals surface area contributed by atoms with Gasteiger partial charge in [0.2, 0.25) is 5.89 Å². The second kappa shape index (κ2) is 11.9. The largest absolute Gasteiger partial charge is 0.487 e. The van der Waals surface area contributed by atoms with Gasteiger partial charge in [0.1, 0.15) is 29.9 Å². The van der Waals surface area contributed by atoms with E-state index in [0.717, 1.165) is 19.7 Å². The van der Waals surface area contributed by atoms with Crippen LogP contribution >= 0.6 is 0 Å². The maximum Gasteiger partial charge on any atom is 0.324 e. The van der Waals surface area contributed by atoms with Gasteiger partial charge in [0.15, 0.2) is 0 Å². The first-order chi connectivity index (χ1) is 17.4. The second-order valence-corrected chi connectivity index (χ2v) is 11.5. The normalized spacial score (nSPS) is 12.8. The van der Waals surface area contributed by atoms with Crippen molar-refractivity contribution >= 4 is 16.2 Å². The number of rotatable bonds is 11. The minimum Gasteiger partial charge on any atom is -0.487 e. The van der Waals surface area contributed by atoms with Crippen LogP contribution in [0, 0.1) is 19.8 Å². The minimum atomic E-state index is -3.93. The Morgan fingerprint density at radius 1 is 1.08 bits per heavy atom. The van der Waals surface area contributed by atoms with E-state index < -0.39 is 22.2 Å². The van der Waals surface area contributed by atoms with Crippen LogP contribution in [0.4, 0.5) is 0 Å². The third-order valence-corrected chi connectivity index (χ3v) is 7.82. The quantitative estimate of drug-likeness (QED) is 0.341. The molecule has 0 aliphatic heterocycles. The Hall–Kier alpha value is -3.21. The van der Waals surface area contributed by atoms with Gasteiger partial charge in [-0.05, 0) is 49.6 Å². The summed E-state index contributed by atoms with van der Waals surface area (Å²) in [5, 5.41) is 0. The lowest BCUT2D eigenvalue weighted by Crippen LogP contribution is -2.51. The fraction of sp³-hybridized carbons (Fsp3) is 0.407. The van der Waals surface area contributed by atoms with Crippen LogP contribution in [0.2, 0.25) is 0 Å². The third-order valence-electron chi connectivity index (χ3n) is 5.95. The lowest BCUT2D eigenvalue weighted by molar-refractivity contribution is -0.146. The standard InChI is InChI=1S/C27H35N3O6S/c1-18(2)25(27(31)34-7)30(37(32,33)29(5)6)16-21-9-8-10-23(15-21)35-17-24-20(4)36-26(28-24)22-13-11-19(3)12-14-22/h8-15,18,25H,16-17H2,1-7H3/t25-/m0/s1. The molecule has 0 bridgehead atoms. The van der Waals surface area contributed by atoms with Gasteiger partial charge in [-0.1, -0.05) is 43.7 Å². The Morgan fingerprint density at radius 2 is 1.76 bits per heavy atom. The van der Waals surface area contributed by atoms with Crippen LogP contribution in [0.1, 0.15) is 36.4 Å². The van der Waals surface area contributed by atoms with Gasteiger partial charge in [0.25, 0.3) is 10.2 Å². The molecule has 0 fully saturated rings. The molecule has 0 aliphatic carbocycles. The zero-order valence-electron chi connectivity index (χ0n) is 22.4. The highest BCUT2D eigenvalue weighted by Gasteiger charge is 2.39. The van der Waals surface area contributed by atoms with E-state index >= 15 is 0 Å². The van der Waals surface area contributed by atoms with Crippen molar-refractivity contribution in [2.45, 2.75) is 46.9 Å². The van der Waals surface area contributed by atoms with E-state index in [9.17, 15) is 13.2 Å². The van der Waals surface area contributed by atoms with E-state index in [2.05, 4.69) is 4.98 Å². The lowest BCUT2D eigenvalue weighted by Gasteiger charge is -2.33. The number of aromatic nitrogens is 1. The van der Waals surface area contributed by atoms with E-state index in [4.69, 9.17) is 13.9 Å². The van der Waals surface area contributed by atoms with Crippen molar-refractivity contribution in [1.82, 2.24) is 13.6 Å². The van der Waals surface area contributed by atoms with Crippen LogP contribution in [0.15, 0.2) is 52.9 Å². The smallest absolute Gasteiger partial charge is 0.324 e. The molecule has 1 atom stereocenters. The molecular weight excluding hydrogens is 494 g/mol. The summed E-state index contributed by atoms with van der Waals surface area (Å²) in [4.78, 5) is 17.1. The number of hydrogen-bond donors (Lipinski definition) is 0. The zero-order valence-corrected chi connectivity index (χ0v) is 23.2. The molecule has 0 N–H and O–H groups in total. The highest BCUT2D eigenvalue weighted by atomic mass is 32.2. The number of ether oxygens (including phenoxy) is 2. The Morgan fingerprint density at radius 3 is 2.35 bits per heavy atom. The number of carbonyl (C=O) groups excluding carboxylic acids is 1. The van der Waals surface area contributed by atoms with Crippen molar-refractivity contribution < 1.29 is 27.1 Å². The van der Waals surface area contributed by atoms with Crippen LogP contribution in [0.3, 0.4) is 0 Å². The topological polar surface area (TPSA) is 102 Å². The van der Waals surface area contributed by atoms with Crippen molar-refractivity contribution in [2.24, 2.45) is 5.92 Å². The maximum absolute atomic E-state index is 13.2. The van der Waals surface area contributed by atoms with Crippen molar-refractivity contribution in [3.05, 3.63) is 71.1 Å². The number of hydrogen-bond acceptors (Lipinski definition) is 7. The molecule has 0 amide bonds. The molecule has 1 aromatic heterocycles. The van der Waals surface area contributed by atoms with Gasteiger partial charge < -0.3 is 13.9 Å². The molecule has 37 heavy (non-hydrogen) atoms. The number of carbonyl (C=O) groups is 1. The maximum atomic E-state index is 13.2. The Balaban J connectivity index is 1.81. The average Bonchev–Trinajstić information content (AvgIpc) is 3.22. The van der Waals surface area contributed by atoms with Gasteiger partial charge in [0, 0.05) is 26.2 Å². The number of oxazole rings is 1. The first-order valence-electron chi connectivity index (χ1n) is 12.0. The first-order valence-corrected chi connectivity index (χ1v) is 13.4. The average molecular weight is 530 g/mol. The summed E-state index contributed by atoms with van der Waals surface area (Å²) in [5.41, 5.74) is 3.37. The summed E-state index contributed by atoms with van der Waals surface area (Å²) in [7, 11) is 0.183. The van der Waals surface area contributed by atoms with Crippen LogP contribution in [0.5, 0.6) is 5.75 Å². The van der Waals surface area contributed by atoms with E-state index in [1.165, 1.54) is 21.2 Å². The molecule has 200 valence electrons. The van der Waals surface area contributed by atoms with Crippen LogP contribution < -0.4 is 4.74 Å². The van der Waals surface area contributed by atoms with Gasteiger partial charge in [0.05, 0.1) is 7.11 Å². The van der Waals surface area contributed by atoms with E-state index in [-0.39, 0.29) is 19.1 Å². The fourth-order valence-electron chi connectivity index (χ4n) is 3.82. The molecule has 0 spiro atoms. The molecular formula is C27H35N3O6S. The summed E-state index contributed by atoms with van der Waals surface area (Å²) >= 11 is 0. The first kappa shape index (κ1) is 28.4. The highest BCUT2D eigenvalue weighted by Crippen LogP contribution is 2.26. The second-order valence-electron chi connectivity index (χ2n) is 9.37. The van der Waals surface area contributed by atoms with Crippen molar-refractivity contribution in [2.75, 3.05) is 21.2 Å². The number of esters is 1. The molecule has 0 unspecified atom stereocenters. The molecule has 0 radical (unpaired) electrons. The summed E-state index contributed by atoms with van der Waals surface area (Å²) in [5.74, 6) is 0.807. The number of benzene rings is 2. The van der Waals surface area contributed by atoms with Crippen molar-refractivity contribution in [3.63, 3.8) is 0 Å². The summed E-state index contributed by atoms with van der Waals surface area (Å²) < 4.78 is 45.3. The summed E-state index contributed by atoms with van der Waals surface area (Å²) in [6.07, 6.45) is 0. The molecule has 0 aliphatic rings. The molecule has 2 aromatic carbocycles. The van der Waals surface area contributed by atoms with Gasteiger partial charge >= 0.3 is 5.97 Å². The van der Waals surface area contributed by atoms with Gasteiger partial charge in [-0.2, -0.15) is 17.0 Å². The molecule has 1 heterocycles. The molecule has 3 aromatic rings. The van der Waals surface area contributed by atoms with Crippen LogP contribution in [-0.4, -0.2) is 55.2 Å². The zero-order chi connectivity index (χ0) is 27.3. The number of methoxy groups -OCH3 is 1. The molecule has 3 rings (SSSR count). The molecule has 0 saturated carbocycles. The number of aryl methyl sites for hydroxylation is 2. The molecule has 9 nitrogen and oxygen atoms in total. The molecule has 10 heteroatoms.